The number of allylic oxidation sites excluding steroid dienone is 1. The Kier molecular flexibility index (Phi) is 4.62. The molecule has 1 aromatic carbocycles. The lowest BCUT2D eigenvalue weighted by atomic mass is 9.81. The molecule has 2 N–H and O–H groups in total. The fourth-order valence-electron chi connectivity index (χ4n) is 4.50. The molecule has 5 rings (SSSR count). The zero-order valence-corrected chi connectivity index (χ0v) is 18.0. The summed E-state index contributed by atoms with van der Waals surface area (Å²) in [7, 11) is 0. The van der Waals surface area contributed by atoms with Crippen LogP contribution in [0, 0.1) is 11.3 Å². The molecule has 3 aromatic rings. The topological polar surface area (TPSA) is 133 Å². The van der Waals surface area contributed by atoms with E-state index < -0.39 is 17.6 Å². The van der Waals surface area contributed by atoms with Gasteiger partial charge in [0.1, 0.15) is 16.6 Å². The van der Waals surface area contributed by atoms with Crippen molar-refractivity contribution in [1.29, 1.82) is 5.26 Å². The average Bonchev–Trinajstić information content (AvgIpc) is 3.50. The molecule has 32 heavy (non-hydrogen) atoms. The summed E-state index contributed by atoms with van der Waals surface area (Å²) in [6.45, 7) is 6.08. The molecule has 0 spiro atoms. The van der Waals surface area contributed by atoms with Gasteiger partial charge in [-0.05, 0) is 55.6 Å². The average molecular weight is 433 g/mol. The number of H-pyrrole nitrogens is 1. The standard InChI is InChI=1S/C22H23N7O3/c1-22(2,3)31-21(30)29-9-5-8-16(29)19-13(10-23)17(14-11-24-26-20(14)25-19)12-6-4-7-15-18(12)28-32-27-15/h4,6-7,11,16-17H,5,8-9H2,1-3H3,(H2,24,25,26). The Balaban J connectivity index is 1.63. The molecule has 164 valence electrons. The predicted molar refractivity (Wildman–Crippen MR) is 114 cm³/mol. The number of ether oxygens (including phenoxy) is 1. The molecule has 0 saturated carbocycles. The monoisotopic (exact) mass is 433 g/mol. The molecule has 1 saturated heterocycles. The number of nitrogens with one attached hydrogen (secondary N) is 2. The Bertz CT molecular complexity index is 1260. The number of nitriles is 1. The summed E-state index contributed by atoms with van der Waals surface area (Å²) in [5.41, 5.74) is 3.38. The number of rotatable bonds is 2. The minimum Gasteiger partial charge on any atom is -0.444 e. The van der Waals surface area contributed by atoms with Crippen molar-refractivity contribution >= 4 is 22.9 Å². The molecule has 2 unspecified atom stereocenters. The van der Waals surface area contributed by atoms with E-state index in [-0.39, 0.29) is 6.04 Å². The summed E-state index contributed by atoms with van der Waals surface area (Å²) in [6, 6.07) is 7.66. The van der Waals surface area contributed by atoms with E-state index in [0.717, 1.165) is 24.0 Å². The Morgan fingerprint density at radius 1 is 1.31 bits per heavy atom. The van der Waals surface area contributed by atoms with E-state index >= 15 is 0 Å². The van der Waals surface area contributed by atoms with Gasteiger partial charge in [0, 0.05) is 18.3 Å². The maximum atomic E-state index is 12.9. The van der Waals surface area contributed by atoms with Crippen LogP contribution in [-0.2, 0) is 4.74 Å². The molecule has 1 fully saturated rings. The van der Waals surface area contributed by atoms with Gasteiger partial charge in [-0.25, -0.2) is 9.42 Å². The SMILES string of the molecule is CC(C)(C)OC(=O)N1CCCC1C1=C(C#N)C(c2cccc3nonc23)c2c[nH]nc2N1. The number of carbonyl (C=O) groups excluding carboxylic acids is 1. The largest absolute Gasteiger partial charge is 0.444 e. The summed E-state index contributed by atoms with van der Waals surface area (Å²) in [5.74, 6) is 0.190. The molecule has 1 amide bonds. The normalized spacial score (nSPS) is 20.8. The van der Waals surface area contributed by atoms with Crippen LogP contribution in [-0.4, -0.2) is 49.7 Å². The van der Waals surface area contributed by atoms with Crippen LogP contribution in [0.25, 0.3) is 11.0 Å². The van der Waals surface area contributed by atoms with Crippen molar-refractivity contribution in [3.05, 3.63) is 46.8 Å². The summed E-state index contributed by atoms with van der Waals surface area (Å²) in [5, 5.41) is 28.8. The van der Waals surface area contributed by atoms with Gasteiger partial charge < -0.3 is 10.1 Å². The maximum Gasteiger partial charge on any atom is 0.410 e. The minimum absolute atomic E-state index is 0.318. The third-order valence-electron chi connectivity index (χ3n) is 5.78. The van der Waals surface area contributed by atoms with Crippen molar-refractivity contribution < 1.29 is 14.2 Å². The van der Waals surface area contributed by atoms with Crippen LogP contribution < -0.4 is 5.32 Å². The lowest BCUT2D eigenvalue weighted by molar-refractivity contribution is 0.0249. The number of nitrogens with zero attached hydrogens (tertiary/aromatic N) is 5. The summed E-state index contributed by atoms with van der Waals surface area (Å²) in [6.07, 6.45) is 2.91. The molecule has 10 nitrogen and oxygen atoms in total. The molecule has 2 atom stereocenters. The van der Waals surface area contributed by atoms with Crippen molar-refractivity contribution in [3.63, 3.8) is 0 Å². The first-order valence-corrected chi connectivity index (χ1v) is 10.5. The van der Waals surface area contributed by atoms with Crippen LogP contribution >= 0.6 is 0 Å². The predicted octanol–water partition coefficient (Wildman–Crippen LogP) is 3.68. The zero-order valence-electron chi connectivity index (χ0n) is 18.0. The van der Waals surface area contributed by atoms with Gasteiger partial charge in [-0.3, -0.25) is 10.00 Å². The molecule has 2 aliphatic rings. The Morgan fingerprint density at radius 2 is 2.16 bits per heavy atom. The number of carbonyl (C=O) groups is 1. The van der Waals surface area contributed by atoms with Crippen LogP contribution in [0.15, 0.2) is 40.3 Å². The van der Waals surface area contributed by atoms with Crippen LogP contribution in [0.4, 0.5) is 10.6 Å². The van der Waals surface area contributed by atoms with Gasteiger partial charge in [0.05, 0.1) is 29.3 Å². The highest BCUT2D eigenvalue weighted by atomic mass is 16.6. The van der Waals surface area contributed by atoms with Crippen molar-refractivity contribution in [2.24, 2.45) is 0 Å². The number of amides is 1. The van der Waals surface area contributed by atoms with Crippen LogP contribution in [0.1, 0.15) is 50.7 Å². The lowest BCUT2D eigenvalue weighted by Crippen LogP contribution is -2.43. The van der Waals surface area contributed by atoms with Crippen molar-refractivity contribution in [1.82, 2.24) is 25.4 Å². The van der Waals surface area contributed by atoms with E-state index in [1.165, 1.54) is 0 Å². The molecule has 10 heteroatoms. The van der Waals surface area contributed by atoms with Crippen LogP contribution in [0.5, 0.6) is 0 Å². The number of benzene rings is 1. The summed E-state index contributed by atoms with van der Waals surface area (Å²) >= 11 is 0. The summed E-state index contributed by atoms with van der Waals surface area (Å²) < 4.78 is 10.6. The van der Waals surface area contributed by atoms with E-state index in [9.17, 15) is 10.1 Å². The van der Waals surface area contributed by atoms with Gasteiger partial charge in [0.2, 0.25) is 0 Å². The molecule has 2 aromatic heterocycles. The minimum atomic E-state index is -0.607. The molecular weight excluding hydrogens is 410 g/mol. The van der Waals surface area contributed by atoms with E-state index in [0.29, 0.717) is 34.7 Å². The molecule has 0 radical (unpaired) electrons. The second-order valence-corrected chi connectivity index (χ2v) is 9.00. The highest BCUT2D eigenvalue weighted by Crippen LogP contribution is 2.44. The fourth-order valence-corrected chi connectivity index (χ4v) is 4.50. The van der Waals surface area contributed by atoms with Crippen LogP contribution in [0.3, 0.4) is 0 Å². The number of aromatic amines is 1. The van der Waals surface area contributed by atoms with Gasteiger partial charge in [0.25, 0.3) is 0 Å². The quantitative estimate of drug-likeness (QED) is 0.625. The third kappa shape index (κ3) is 3.26. The summed E-state index contributed by atoms with van der Waals surface area (Å²) in [4.78, 5) is 14.6. The van der Waals surface area contributed by atoms with Crippen molar-refractivity contribution in [2.45, 2.75) is 51.2 Å². The highest BCUT2D eigenvalue weighted by molar-refractivity contribution is 5.81. The van der Waals surface area contributed by atoms with Gasteiger partial charge in [-0.2, -0.15) is 10.4 Å². The lowest BCUT2D eigenvalue weighted by Gasteiger charge is -2.34. The second kappa shape index (κ2) is 7.37. The Labute approximate surface area is 184 Å². The van der Waals surface area contributed by atoms with E-state index in [4.69, 9.17) is 9.37 Å². The van der Waals surface area contributed by atoms with Gasteiger partial charge in [0.15, 0.2) is 5.82 Å². The van der Waals surface area contributed by atoms with E-state index in [1.54, 1.807) is 11.1 Å². The molecular formula is C22H23N7O3. The first-order chi connectivity index (χ1) is 15.4. The molecule has 2 aliphatic heterocycles. The highest BCUT2D eigenvalue weighted by Gasteiger charge is 2.41. The third-order valence-corrected chi connectivity index (χ3v) is 5.78. The van der Waals surface area contributed by atoms with Crippen LogP contribution in [0.2, 0.25) is 0 Å². The number of hydrogen-bond acceptors (Lipinski definition) is 8. The fraction of sp³-hybridized carbons (Fsp3) is 0.409. The van der Waals surface area contributed by atoms with Gasteiger partial charge in [-0.1, -0.05) is 12.1 Å². The molecule has 0 aliphatic carbocycles. The smallest absolute Gasteiger partial charge is 0.410 e. The number of hydrogen-bond donors (Lipinski definition) is 2. The van der Waals surface area contributed by atoms with Crippen molar-refractivity contribution in [3.8, 4) is 6.07 Å². The second-order valence-electron chi connectivity index (χ2n) is 9.00. The maximum absolute atomic E-state index is 12.9. The van der Waals surface area contributed by atoms with Crippen molar-refractivity contribution in [2.75, 3.05) is 11.9 Å². The van der Waals surface area contributed by atoms with E-state index in [2.05, 4.69) is 31.9 Å². The first-order valence-electron chi connectivity index (χ1n) is 10.5. The van der Waals surface area contributed by atoms with Gasteiger partial charge in [-0.15, -0.1) is 0 Å². The number of aromatic nitrogens is 4. The number of fused-ring (bicyclic) bond motifs is 2. The Hall–Kier alpha value is -3.87. The molecule has 4 heterocycles. The Morgan fingerprint density at radius 3 is 2.94 bits per heavy atom. The van der Waals surface area contributed by atoms with E-state index in [1.807, 2.05) is 39.0 Å². The first kappa shape index (κ1) is 20.1. The number of likely N-dealkylation sites (tertiary alicyclic amines) is 1. The zero-order chi connectivity index (χ0) is 22.5. The van der Waals surface area contributed by atoms with Gasteiger partial charge >= 0.3 is 6.09 Å². The molecule has 0 bridgehead atoms. The number of anilines is 1.